The van der Waals surface area contributed by atoms with Gasteiger partial charge in [-0.3, -0.25) is 0 Å². The highest BCUT2D eigenvalue weighted by atomic mass is 32.1. The van der Waals surface area contributed by atoms with Crippen molar-refractivity contribution in [2.45, 2.75) is 6.92 Å². The van der Waals surface area contributed by atoms with Gasteiger partial charge in [0.15, 0.2) is 0 Å². The van der Waals surface area contributed by atoms with Crippen molar-refractivity contribution >= 4 is 21.4 Å². The molecule has 2 aromatic rings. The predicted octanol–water partition coefficient (Wildman–Crippen LogP) is 3.47. The molecule has 55 valence electrons. The van der Waals surface area contributed by atoms with Crippen LogP contribution in [0.15, 0.2) is 29.6 Å². The summed E-state index contributed by atoms with van der Waals surface area (Å²) in [5, 5.41) is 3.57. The van der Waals surface area contributed by atoms with Crippen LogP contribution < -0.4 is 0 Å². The van der Waals surface area contributed by atoms with Crippen molar-refractivity contribution in [2.75, 3.05) is 0 Å². The molecule has 0 unspecified atom stereocenters. The van der Waals surface area contributed by atoms with Gasteiger partial charge < -0.3 is 0 Å². The van der Waals surface area contributed by atoms with E-state index in [0.717, 1.165) is 0 Å². The molecular weight excluding hydrogens is 152 g/mol. The second-order valence-corrected chi connectivity index (χ2v) is 3.39. The Kier molecular flexibility index (Phi) is 1.66. The molecule has 0 amide bonds. The lowest BCUT2D eigenvalue weighted by Crippen LogP contribution is -1.70. The Balaban J connectivity index is 2.76. The smallest absolute Gasteiger partial charge is 0.0345 e. The molecule has 1 heteroatoms. The van der Waals surface area contributed by atoms with E-state index in [1.54, 1.807) is 0 Å². The van der Waals surface area contributed by atoms with Crippen molar-refractivity contribution in [1.82, 2.24) is 0 Å². The molecule has 0 atom stereocenters. The van der Waals surface area contributed by atoms with Crippen LogP contribution in [0.5, 0.6) is 0 Å². The Labute approximate surface area is 70.5 Å². The van der Waals surface area contributed by atoms with E-state index >= 15 is 0 Å². The average molecular weight is 161 g/mol. The first kappa shape index (κ1) is 6.86. The Morgan fingerprint density at radius 3 is 2.91 bits per heavy atom. The van der Waals surface area contributed by atoms with E-state index in [0.29, 0.717) is 0 Å². The van der Waals surface area contributed by atoms with Gasteiger partial charge in [0.1, 0.15) is 0 Å². The predicted molar refractivity (Wildman–Crippen MR) is 50.9 cm³/mol. The topological polar surface area (TPSA) is 0 Å². The SMILES string of the molecule is C[CH]c1csc2ccccc12. The quantitative estimate of drug-likeness (QED) is 0.600. The normalized spacial score (nSPS) is 10.6. The van der Waals surface area contributed by atoms with Gasteiger partial charge in [0.2, 0.25) is 0 Å². The third kappa shape index (κ3) is 1.05. The molecule has 0 spiro atoms. The zero-order valence-corrected chi connectivity index (χ0v) is 7.19. The molecule has 1 aromatic carbocycles. The summed E-state index contributed by atoms with van der Waals surface area (Å²) >= 11 is 1.81. The van der Waals surface area contributed by atoms with Crippen molar-refractivity contribution in [1.29, 1.82) is 0 Å². The first-order valence-corrected chi connectivity index (χ1v) is 4.55. The number of hydrogen-bond donors (Lipinski definition) is 0. The molecule has 0 nitrogen and oxygen atoms in total. The van der Waals surface area contributed by atoms with Gasteiger partial charge in [-0.15, -0.1) is 11.3 Å². The van der Waals surface area contributed by atoms with Crippen LogP contribution in [0.2, 0.25) is 0 Å². The van der Waals surface area contributed by atoms with Crippen molar-refractivity contribution in [3.63, 3.8) is 0 Å². The molecule has 1 radical (unpaired) electrons. The van der Waals surface area contributed by atoms with Crippen molar-refractivity contribution in [3.8, 4) is 0 Å². The molecule has 0 aliphatic rings. The van der Waals surface area contributed by atoms with Gasteiger partial charge in [0.05, 0.1) is 0 Å². The van der Waals surface area contributed by atoms with E-state index < -0.39 is 0 Å². The van der Waals surface area contributed by atoms with Crippen LogP contribution in [0.3, 0.4) is 0 Å². The summed E-state index contributed by atoms with van der Waals surface area (Å²) in [6.45, 7) is 2.08. The van der Waals surface area contributed by atoms with Gasteiger partial charge in [-0.05, 0) is 28.8 Å². The van der Waals surface area contributed by atoms with Gasteiger partial charge in [0.25, 0.3) is 0 Å². The number of thiophene rings is 1. The number of benzene rings is 1. The van der Waals surface area contributed by atoms with Gasteiger partial charge >= 0.3 is 0 Å². The maximum Gasteiger partial charge on any atom is 0.0345 e. The molecule has 0 saturated heterocycles. The fourth-order valence-corrected chi connectivity index (χ4v) is 2.21. The van der Waals surface area contributed by atoms with Gasteiger partial charge in [-0.25, -0.2) is 0 Å². The summed E-state index contributed by atoms with van der Waals surface area (Å²) in [5.41, 5.74) is 1.35. The molecule has 0 aliphatic carbocycles. The minimum Gasteiger partial charge on any atom is -0.144 e. The molecule has 0 fully saturated rings. The lowest BCUT2D eigenvalue weighted by atomic mass is 10.1. The molecular formula is C10H9S. The lowest BCUT2D eigenvalue weighted by molar-refractivity contribution is 1.49. The van der Waals surface area contributed by atoms with E-state index in [1.165, 1.54) is 15.6 Å². The molecule has 0 N–H and O–H groups in total. The minimum absolute atomic E-state index is 1.35. The van der Waals surface area contributed by atoms with Crippen LogP contribution in [-0.2, 0) is 0 Å². The standard InChI is InChI=1S/C10H9S/c1-2-8-7-11-10-6-4-3-5-9(8)10/h2-7H,1H3. The van der Waals surface area contributed by atoms with Gasteiger partial charge in [-0.1, -0.05) is 25.1 Å². The highest BCUT2D eigenvalue weighted by Gasteiger charge is 1.99. The monoisotopic (exact) mass is 161 g/mol. The third-order valence-corrected chi connectivity index (χ3v) is 2.80. The minimum atomic E-state index is 1.35. The summed E-state index contributed by atoms with van der Waals surface area (Å²) in [6, 6.07) is 8.49. The van der Waals surface area contributed by atoms with Crippen molar-refractivity contribution in [2.24, 2.45) is 0 Å². The van der Waals surface area contributed by atoms with Crippen molar-refractivity contribution in [3.05, 3.63) is 41.6 Å². The zero-order chi connectivity index (χ0) is 7.68. The number of hydrogen-bond acceptors (Lipinski definition) is 1. The first-order valence-electron chi connectivity index (χ1n) is 3.67. The molecule has 2 rings (SSSR count). The van der Waals surface area contributed by atoms with E-state index in [-0.39, 0.29) is 0 Å². The molecule has 1 aromatic heterocycles. The fraction of sp³-hybridized carbons (Fsp3) is 0.100. The van der Waals surface area contributed by atoms with Crippen LogP contribution in [0.4, 0.5) is 0 Å². The zero-order valence-electron chi connectivity index (χ0n) is 6.37. The highest BCUT2D eigenvalue weighted by molar-refractivity contribution is 7.17. The summed E-state index contributed by atoms with van der Waals surface area (Å²) in [4.78, 5) is 0. The second-order valence-electron chi connectivity index (χ2n) is 2.48. The Hall–Kier alpha value is -0.820. The number of rotatable bonds is 1. The van der Waals surface area contributed by atoms with E-state index in [4.69, 9.17) is 0 Å². The van der Waals surface area contributed by atoms with Crippen LogP contribution >= 0.6 is 11.3 Å². The average Bonchev–Trinajstić information content (AvgIpc) is 2.47. The molecule has 1 heterocycles. The molecule has 0 bridgehead atoms. The van der Waals surface area contributed by atoms with E-state index in [2.05, 4.69) is 43.0 Å². The molecule has 11 heavy (non-hydrogen) atoms. The number of fused-ring (bicyclic) bond motifs is 1. The van der Waals surface area contributed by atoms with Crippen LogP contribution in [0, 0.1) is 6.42 Å². The van der Waals surface area contributed by atoms with Crippen LogP contribution in [0.25, 0.3) is 10.1 Å². The Morgan fingerprint density at radius 1 is 1.27 bits per heavy atom. The second kappa shape index (κ2) is 2.67. The lowest BCUT2D eigenvalue weighted by Gasteiger charge is -1.90. The Bertz CT molecular complexity index is 360. The highest BCUT2D eigenvalue weighted by Crippen LogP contribution is 2.26. The fourth-order valence-electron chi connectivity index (χ4n) is 1.22. The van der Waals surface area contributed by atoms with Gasteiger partial charge in [-0.2, -0.15) is 0 Å². The van der Waals surface area contributed by atoms with E-state index in [1.807, 2.05) is 11.3 Å². The maximum absolute atomic E-state index is 2.20. The summed E-state index contributed by atoms with van der Waals surface area (Å²) < 4.78 is 1.38. The Morgan fingerprint density at radius 2 is 2.09 bits per heavy atom. The van der Waals surface area contributed by atoms with Crippen LogP contribution in [-0.4, -0.2) is 0 Å². The van der Waals surface area contributed by atoms with Crippen LogP contribution in [0.1, 0.15) is 12.5 Å². The first-order chi connectivity index (χ1) is 5.42. The van der Waals surface area contributed by atoms with E-state index in [9.17, 15) is 0 Å². The molecule has 0 saturated carbocycles. The largest absolute Gasteiger partial charge is 0.144 e. The summed E-state index contributed by atoms with van der Waals surface area (Å²) in [6.07, 6.45) is 2.15. The maximum atomic E-state index is 2.20. The summed E-state index contributed by atoms with van der Waals surface area (Å²) in [5.74, 6) is 0. The molecule has 0 aliphatic heterocycles. The van der Waals surface area contributed by atoms with Crippen molar-refractivity contribution < 1.29 is 0 Å². The third-order valence-electron chi connectivity index (χ3n) is 1.82. The van der Waals surface area contributed by atoms with Gasteiger partial charge in [0, 0.05) is 4.70 Å². The summed E-state index contributed by atoms with van der Waals surface area (Å²) in [7, 11) is 0.